The SMILES string of the molecule is CC=CSSSCC. The van der Waals surface area contributed by atoms with E-state index in [4.69, 9.17) is 0 Å². The molecule has 8 heavy (non-hydrogen) atoms. The van der Waals surface area contributed by atoms with Gasteiger partial charge in [0.15, 0.2) is 0 Å². The number of hydrogen-bond acceptors (Lipinski definition) is 3. The Hall–Kier alpha value is 0.790. The smallest absolute Gasteiger partial charge is 0.00168 e. The Morgan fingerprint density at radius 3 is 2.75 bits per heavy atom. The summed E-state index contributed by atoms with van der Waals surface area (Å²) < 4.78 is 0. The van der Waals surface area contributed by atoms with Crippen molar-refractivity contribution in [3.63, 3.8) is 0 Å². The molecule has 0 rings (SSSR count). The number of allylic oxidation sites excluding steroid dienone is 1. The first kappa shape index (κ1) is 8.79. The third kappa shape index (κ3) is 6.79. The molecular formula is C5H10S3. The van der Waals surface area contributed by atoms with Crippen molar-refractivity contribution in [3.8, 4) is 0 Å². The van der Waals surface area contributed by atoms with E-state index in [9.17, 15) is 0 Å². The van der Waals surface area contributed by atoms with Crippen molar-refractivity contribution < 1.29 is 0 Å². The Balaban J connectivity index is 2.72. The lowest BCUT2D eigenvalue weighted by molar-refractivity contribution is 1.54. The summed E-state index contributed by atoms with van der Waals surface area (Å²) in [5.74, 6) is 1.19. The molecule has 0 aromatic rings. The van der Waals surface area contributed by atoms with Crippen molar-refractivity contribution in [3.05, 3.63) is 11.5 Å². The van der Waals surface area contributed by atoms with E-state index in [1.54, 1.807) is 10.8 Å². The van der Waals surface area contributed by atoms with Gasteiger partial charge in [0.2, 0.25) is 0 Å². The molecule has 3 heteroatoms. The topological polar surface area (TPSA) is 0 Å². The van der Waals surface area contributed by atoms with Gasteiger partial charge in [-0.3, -0.25) is 0 Å². The largest absolute Gasteiger partial charge is 0.0825 e. The van der Waals surface area contributed by atoms with Crippen LogP contribution >= 0.6 is 31.4 Å². The van der Waals surface area contributed by atoms with E-state index in [0.29, 0.717) is 0 Å². The highest BCUT2D eigenvalue weighted by Gasteiger charge is 1.79. The van der Waals surface area contributed by atoms with Crippen molar-refractivity contribution in [2.24, 2.45) is 0 Å². The van der Waals surface area contributed by atoms with Gasteiger partial charge in [0.05, 0.1) is 0 Å². The molecule has 0 spiro atoms. The second-order valence-electron chi connectivity index (χ2n) is 1.04. The molecule has 0 fully saturated rings. The summed E-state index contributed by atoms with van der Waals surface area (Å²) in [7, 11) is 5.48. The quantitative estimate of drug-likeness (QED) is 0.463. The van der Waals surface area contributed by atoms with Crippen LogP contribution in [0.25, 0.3) is 0 Å². The lowest BCUT2D eigenvalue weighted by atomic mass is 10.8. The molecule has 0 aromatic carbocycles. The fourth-order valence-electron chi connectivity index (χ4n) is 0.154. The van der Waals surface area contributed by atoms with Crippen molar-refractivity contribution in [2.45, 2.75) is 13.8 Å². The maximum absolute atomic E-state index is 2.16. The summed E-state index contributed by atoms with van der Waals surface area (Å²) in [6.07, 6.45) is 2.05. The van der Waals surface area contributed by atoms with E-state index in [1.165, 1.54) is 5.75 Å². The lowest BCUT2D eigenvalue weighted by Crippen LogP contribution is -1.51. The molecule has 0 atom stereocenters. The van der Waals surface area contributed by atoms with E-state index in [2.05, 4.69) is 12.3 Å². The summed E-state index contributed by atoms with van der Waals surface area (Å²) in [6.45, 7) is 4.19. The van der Waals surface area contributed by atoms with Crippen LogP contribution in [0.4, 0.5) is 0 Å². The molecular weight excluding hydrogens is 156 g/mol. The molecule has 0 saturated carbocycles. The van der Waals surface area contributed by atoms with Crippen molar-refractivity contribution in [1.29, 1.82) is 0 Å². The van der Waals surface area contributed by atoms with Crippen LogP contribution in [0.3, 0.4) is 0 Å². The number of rotatable bonds is 4. The van der Waals surface area contributed by atoms with Gasteiger partial charge in [-0.05, 0) is 22.2 Å². The summed E-state index contributed by atoms with van der Waals surface area (Å²) in [5, 5.41) is 2.09. The standard InChI is InChI=1S/C5H10S3/c1-3-5-7-8-6-4-2/h3,5H,4H2,1-2H3. The normalized spacial score (nSPS) is 10.8. The molecule has 0 aromatic heterocycles. The Kier molecular flexibility index (Phi) is 8.56. The summed E-state index contributed by atoms with van der Waals surface area (Å²) in [6, 6.07) is 0. The van der Waals surface area contributed by atoms with Gasteiger partial charge in [-0.25, -0.2) is 0 Å². The van der Waals surface area contributed by atoms with Gasteiger partial charge in [0.25, 0.3) is 0 Å². The van der Waals surface area contributed by atoms with Crippen LogP contribution in [-0.4, -0.2) is 5.75 Å². The fraction of sp³-hybridized carbons (Fsp3) is 0.600. The Morgan fingerprint density at radius 2 is 2.25 bits per heavy atom. The Labute approximate surface area is 62.7 Å². The molecule has 48 valence electrons. The Bertz CT molecular complexity index is 60.7. The predicted octanol–water partition coefficient (Wildman–Crippen LogP) is 3.57. The predicted molar refractivity (Wildman–Crippen MR) is 48.1 cm³/mol. The van der Waals surface area contributed by atoms with Gasteiger partial charge >= 0.3 is 0 Å². The highest BCUT2D eigenvalue weighted by atomic mass is 33.5. The van der Waals surface area contributed by atoms with Gasteiger partial charge < -0.3 is 0 Å². The van der Waals surface area contributed by atoms with Crippen LogP contribution in [-0.2, 0) is 0 Å². The minimum Gasteiger partial charge on any atom is -0.0825 e. The van der Waals surface area contributed by atoms with Crippen LogP contribution < -0.4 is 0 Å². The monoisotopic (exact) mass is 166 g/mol. The maximum Gasteiger partial charge on any atom is 0.00168 e. The van der Waals surface area contributed by atoms with E-state index in [0.717, 1.165) is 0 Å². The van der Waals surface area contributed by atoms with Crippen LogP contribution in [0.15, 0.2) is 11.5 Å². The molecule has 0 amide bonds. The molecule has 0 saturated heterocycles. The number of hydrogen-bond donors (Lipinski definition) is 0. The van der Waals surface area contributed by atoms with Crippen molar-refractivity contribution >= 4 is 31.4 Å². The third-order valence-electron chi connectivity index (χ3n) is 0.397. The first-order valence-electron chi connectivity index (χ1n) is 2.48. The zero-order valence-electron chi connectivity index (χ0n) is 5.09. The van der Waals surface area contributed by atoms with Crippen molar-refractivity contribution in [1.82, 2.24) is 0 Å². The minimum absolute atomic E-state index is 1.19. The fourth-order valence-corrected chi connectivity index (χ4v) is 3.16. The summed E-state index contributed by atoms with van der Waals surface area (Å²) >= 11 is 0. The average molecular weight is 166 g/mol. The zero-order chi connectivity index (χ0) is 6.24. The van der Waals surface area contributed by atoms with Crippen LogP contribution in [0.1, 0.15) is 13.8 Å². The molecule has 0 bridgehead atoms. The van der Waals surface area contributed by atoms with E-state index < -0.39 is 0 Å². The minimum atomic E-state index is 1.19. The highest BCUT2D eigenvalue weighted by Crippen LogP contribution is 2.34. The molecule has 0 unspecified atom stereocenters. The molecule has 0 aliphatic heterocycles. The van der Waals surface area contributed by atoms with Gasteiger partial charge in [0, 0.05) is 5.75 Å². The maximum atomic E-state index is 2.16. The van der Waals surface area contributed by atoms with E-state index in [1.807, 2.05) is 33.6 Å². The lowest BCUT2D eigenvalue weighted by Gasteiger charge is -1.87. The first-order valence-corrected chi connectivity index (χ1v) is 6.19. The first-order chi connectivity index (χ1) is 3.91. The van der Waals surface area contributed by atoms with Gasteiger partial charge in [-0.2, -0.15) is 0 Å². The van der Waals surface area contributed by atoms with Gasteiger partial charge in [-0.1, -0.05) is 34.6 Å². The molecule has 0 radical (unpaired) electrons. The molecule has 0 aliphatic rings. The Morgan fingerprint density at radius 1 is 1.50 bits per heavy atom. The van der Waals surface area contributed by atoms with Crippen molar-refractivity contribution in [2.75, 3.05) is 5.75 Å². The average Bonchev–Trinajstić information content (AvgIpc) is 1.81. The van der Waals surface area contributed by atoms with E-state index in [-0.39, 0.29) is 0 Å². The van der Waals surface area contributed by atoms with Crippen LogP contribution in [0, 0.1) is 0 Å². The zero-order valence-corrected chi connectivity index (χ0v) is 7.54. The summed E-state index contributed by atoms with van der Waals surface area (Å²) in [4.78, 5) is 0. The summed E-state index contributed by atoms with van der Waals surface area (Å²) in [5.41, 5.74) is 0. The van der Waals surface area contributed by atoms with Gasteiger partial charge in [-0.15, -0.1) is 0 Å². The third-order valence-corrected chi connectivity index (χ3v) is 4.33. The highest BCUT2D eigenvalue weighted by molar-refractivity contribution is 9.09. The second kappa shape index (κ2) is 7.79. The second-order valence-corrected chi connectivity index (χ2v) is 5.37. The van der Waals surface area contributed by atoms with E-state index >= 15 is 0 Å². The molecule has 0 aliphatic carbocycles. The molecule has 0 N–H and O–H groups in total. The van der Waals surface area contributed by atoms with Crippen LogP contribution in [0.2, 0.25) is 0 Å². The van der Waals surface area contributed by atoms with Gasteiger partial charge in [0.1, 0.15) is 0 Å². The molecule has 0 heterocycles. The van der Waals surface area contributed by atoms with Crippen LogP contribution in [0.5, 0.6) is 0 Å². The molecule has 0 nitrogen and oxygen atoms in total.